The van der Waals surface area contributed by atoms with Crippen LogP contribution in [0.1, 0.15) is 18.4 Å². The minimum atomic E-state index is 0.656. The Kier molecular flexibility index (Phi) is 2.77. The van der Waals surface area contributed by atoms with Gasteiger partial charge in [0.15, 0.2) is 0 Å². The lowest BCUT2D eigenvalue weighted by atomic mass is 10.2. The summed E-state index contributed by atoms with van der Waals surface area (Å²) in [4.78, 5) is 0. The van der Waals surface area contributed by atoms with Gasteiger partial charge in [0.25, 0.3) is 0 Å². The van der Waals surface area contributed by atoms with Crippen molar-refractivity contribution in [3.8, 4) is 0 Å². The van der Waals surface area contributed by atoms with E-state index in [9.17, 15) is 0 Å². The van der Waals surface area contributed by atoms with Crippen LogP contribution < -0.4 is 5.32 Å². The van der Waals surface area contributed by atoms with E-state index in [-0.39, 0.29) is 0 Å². The first kappa shape index (κ1) is 9.32. The van der Waals surface area contributed by atoms with Crippen molar-refractivity contribution in [2.45, 2.75) is 25.4 Å². The molecule has 1 aromatic carbocycles. The van der Waals surface area contributed by atoms with E-state index in [2.05, 4.69) is 5.32 Å². The lowest BCUT2D eigenvalue weighted by molar-refractivity contribution is -0.683. The van der Waals surface area contributed by atoms with E-state index in [1.807, 2.05) is 18.2 Å². The van der Waals surface area contributed by atoms with Crippen molar-refractivity contribution in [3.05, 3.63) is 33.8 Å². The molecule has 13 heavy (non-hydrogen) atoms. The van der Waals surface area contributed by atoms with Crippen LogP contribution in [0.15, 0.2) is 18.2 Å². The summed E-state index contributed by atoms with van der Waals surface area (Å²) in [7, 11) is 0. The molecule has 2 rings (SSSR count). The molecule has 0 aromatic heterocycles. The van der Waals surface area contributed by atoms with Crippen molar-refractivity contribution in [1.29, 1.82) is 0 Å². The minimum absolute atomic E-state index is 0.656. The molecule has 0 spiro atoms. The third-order valence-electron chi connectivity index (χ3n) is 2.32. The fraction of sp³-hybridized carbons (Fsp3) is 0.400. The monoisotopic (exact) mass is 216 g/mol. The maximum Gasteiger partial charge on any atom is 0.103 e. The van der Waals surface area contributed by atoms with Gasteiger partial charge >= 0.3 is 0 Å². The first-order valence-electron chi connectivity index (χ1n) is 4.53. The van der Waals surface area contributed by atoms with Gasteiger partial charge in [-0.15, -0.1) is 0 Å². The van der Waals surface area contributed by atoms with Crippen molar-refractivity contribution < 1.29 is 5.32 Å². The quantitative estimate of drug-likeness (QED) is 0.799. The van der Waals surface area contributed by atoms with E-state index in [4.69, 9.17) is 23.2 Å². The highest BCUT2D eigenvalue weighted by atomic mass is 35.5. The van der Waals surface area contributed by atoms with Crippen molar-refractivity contribution in [1.82, 2.24) is 0 Å². The summed E-state index contributed by atoms with van der Waals surface area (Å²) < 4.78 is 0. The van der Waals surface area contributed by atoms with E-state index in [1.165, 1.54) is 12.8 Å². The van der Waals surface area contributed by atoms with Gasteiger partial charge in [0, 0.05) is 18.4 Å². The van der Waals surface area contributed by atoms with E-state index in [0.717, 1.165) is 18.2 Å². The van der Waals surface area contributed by atoms with Crippen molar-refractivity contribution in [2.24, 2.45) is 0 Å². The van der Waals surface area contributed by atoms with Crippen LogP contribution in [0.2, 0.25) is 10.0 Å². The number of hydrogen-bond donors (Lipinski definition) is 1. The summed E-state index contributed by atoms with van der Waals surface area (Å²) in [6.45, 7) is 0.948. The molecule has 0 bridgehead atoms. The summed E-state index contributed by atoms with van der Waals surface area (Å²) in [5.41, 5.74) is 1.14. The lowest BCUT2D eigenvalue weighted by Gasteiger charge is -2.03. The Balaban J connectivity index is 2.05. The molecule has 0 heterocycles. The normalized spacial score (nSPS) is 16.2. The van der Waals surface area contributed by atoms with Crippen LogP contribution >= 0.6 is 23.2 Å². The Morgan fingerprint density at radius 3 is 2.77 bits per heavy atom. The second-order valence-electron chi connectivity index (χ2n) is 3.49. The van der Waals surface area contributed by atoms with Gasteiger partial charge < -0.3 is 5.32 Å². The van der Waals surface area contributed by atoms with Gasteiger partial charge in [0.1, 0.15) is 6.54 Å². The van der Waals surface area contributed by atoms with E-state index in [1.54, 1.807) is 0 Å². The molecule has 0 atom stereocenters. The van der Waals surface area contributed by atoms with E-state index >= 15 is 0 Å². The predicted molar refractivity (Wildman–Crippen MR) is 55.1 cm³/mol. The summed E-state index contributed by atoms with van der Waals surface area (Å²) in [6, 6.07) is 6.64. The first-order chi connectivity index (χ1) is 6.27. The Bertz CT molecular complexity index is 308. The number of nitrogens with two attached hydrogens (primary N) is 1. The average Bonchev–Trinajstić information content (AvgIpc) is 2.91. The lowest BCUT2D eigenvalue weighted by Crippen LogP contribution is -2.84. The topological polar surface area (TPSA) is 16.6 Å². The molecule has 70 valence electrons. The zero-order chi connectivity index (χ0) is 9.26. The molecule has 1 aliphatic rings. The van der Waals surface area contributed by atoms with Gasteiger partial charge in [-0.05, 0) is 6.07 Å². The largest absolute Gasteiger partial charge is 0.340 e. The fourth-order valence-corrected chi connectivity index (χ4v) is 1.73. The van der Waals surface area contributed by atoms with Crippen molar-refractivity contribution >= 4 is 23.2 Å². The van der Waals surface area contributed by atoms with Gasteiger partial charge in [0.05, 0.1) is 16.1 Å². The van der Waals surface area contributed by atoms with Crippen LogP contribution in [0.3, 0.4) is 0 Å². The molecule has 0 saturated heterocycles. The summed E-state index contributed by atoms with van der Waals surface area (Å²) in [5, 5.41) is 3.70. The van der Waals surface area contributed by atoms with Gasteiger partial charge in [-0.25, -0.2) is 0 Å². The molecule has 2 N–H and O–H groups in total. The second kappa shape index (κ2) is 3.87. The molecule has 0 aliphatic heterocycles. The standard InChI is InChI=1S/C10H11Cl2N/c11-9-3-1-2-7(10(9)12)6-13-8-4-5-8/h1-3,8,13H,4-6H2/p+1. The van der Waals surface area contributed by atoms with Gasteiger partial charge in [-0.1, -0.05) is 35.3 Å². The Hall–Kier alpha value is -0.240. The number of benzene rings is 1. The van der Waals surface area contributed by atoms with Crippen LogP contribution in [-0.4, -0.2) is 6.04 Å². The number of rotatable bonds is 3. The van der Waals surface area contributed by atoms with Crippen LogP contribution in [0.4, 0.5) is 0 Å². The number of quaternary nitrogens is 1. The molecule has 1 nitrogen and oxygen atoms in total. The van der Waals surface area contributed by atoms with Gasteiger partial charge in [0.2, 0.25) is 0 Å². The maximum atomic E-state index is 6.05. The number of hydrogen-bond acceptors (Lipinski definition) is 0. The smallest absolute Gasteiger partial charge is 0.103 e. The molecule has 1 aliphatic carbocycles. The van der Waals surface area contributed by atoms with Crippen LogP contribution in [0, 0.1) is 0 Å². The SMILES string of the molecule is Clc1cccc(C[NH2+]C2CC2)c1Cl. The highest BCUT2D eigenvalue weighted by Crippen LogP contribution is 2.25. The molecule has 1 saturated carbocycles. The molecular formula is C10H12Cl2N+. The van der Waals surface area contributed by atoms with Crippen LogP contribution in [-0.2, 0) is 6.54 Å². The molecule has 0 radical (unpaired) electrons. The van der Waals surface area contributed by atoms with Crippen molar-refractivity contribution in [2.75, 3.05) is 0 Å². The zero-order valence-electron chi connectivity index (χ0n) is 7.26. The predicted octanol–water partition coefficient (Wildman–Crippen LogP) is 2.22. The maximum absolute atomic E-state index is 6.05. The van der Waals surface area contributed by atoms with Crippen molar-refractivity contribution in [3.63, 3.8) is 0 Å². The van der Waals surface area contributed by atoms with Gasteiger partial charge in [-0.2, -0.15) is 0 Å². The molecule has 0 amide bonds. The molecule has 3 heteroatoms. The van der Waals surface area contributed by atoms with E-state index < -0.39 is 0 Å². The Morgan fingerprint density at radius 2 is 2.08 bits per heavy atom. The van der Waals surface area contributed by atoms with Crippen LogP contribution in [0.25, 0.3) is 0 Å². The third kappa shape index (κ3) is 2.37. The molecule has 1 fully saturated rings. The zero-order valence-corrected chi connectivity index (χ0v) is 8.78. The molecular weight excluding hydrogens is 205 g/mol. The minimum Gasteiger partial charge on any atom is -0.340 e. The summed E-state index contributed by atoms with van der Waals surface area (Å²) in [6.07, 6.45) is 2.69. The first-order valence-corrected chi connectivity index (χ1v) is 5.29. The molecule has 1 aromatic rings. The average molecular weight is 217 g/mol. The fourth-order valence-electron chi connectivity index (χ4n) is 1.33. The third-order valence-corrected chi connectivity index (χ3v) is 3.18. The van der Waals surface area contributed by atoms with Gasteiger partial charge in [-0.3, -0.25) is 0 Å². The van der Waals surface area contributed by atoms with Crippen LogP contribution in [0.5, 0.6) is 0 Å². The second-order valence-corrected chi connectivity index (χ2v) is 4.28. The highest BCUT2D eigenvalue weighted by Gasteiger charge is 2.25. The Labute approximate surface area is 88.0 Å². The van der Waals surface area contributed by atoms with E-state index in [0.29, 0.717) is 10.0 Å². The summed E-state index contributed by atoms with van der Waals surface area (Å²) in [5.74, 6) is 0. The Morgan fingerprint density at radius 1 is 1.31 bits per heavy atom. The molecule has 0 unspecified atom stereocenters. The highest BCUT2D eigenvalue weighted by molar-refractivity contribution is 6.42. The summed E-state index contributed by atoms with van der Waals surface area (Å²) >= 11 is 11.9. The number of halogens is 2.